The second-order valence-electron chi connectivity index (χ2n) is 3.47. The van der Waals surface area contributed by atoms with Crippen molar-refractivity contribution >= 4 is 11.9 Å². The molecule has 100 valence electrons. The van der Waals surface area contributed by atoms with Crippen LogP contribution in [0.2, 0.25) is 0 Å². The monoisotopic (exact) mass is 264 g/mol. The Labute approximate surface area is 101 Å². The molecule has 18 heavy (non-hydrogen) atoms. The van der Waals surface area contributed by atoms with Crippen molar-refractivity contribution in [2.24, 2.45) is 7.05 Å². The van der Waals surface area contributed by atoms with E-state index in [1.807, 2.05) is 0 Å². The summed E-state index contributed by atoms with van der Waals surface area (Å²) in [5.74, 6) is -1.78. The van der Waals surface area contributed by atoms with Crippen molar-refractivity contribution in [3.8, 4) is 0 Å². The van der Waals surface area contributed by atoms with E-state index in [9.17, 15) is 22.8 Å². The molecule has 1 rings (SSSR count). The molecular weight excluding hydrogens is 253 g/mol. The lowest BCUT2D eigenvalue weighted by Gasteiger charge is -2.09. The van der Waals surface area contributed by atoms with Crippen molar-refractivity contribution in [3.63, 3.8) is 0 Å². The minimum Gasteiger partial charge on any atom is -0.451 e. The molecule has 1 aromatic rings. The third-order valence-electron chi connectivity index (χ3n) is 1.97. The SMILES string of the molecule is Cn1cccc1C(=O)OCC(=O)NCC(F)(F)F. The molecule has 0 spiro atoms. The number of aryl methyl sites for hydroxylation is 1. The lowest BCUT2D eigenvalue weighted by Crippen LogP contribution is -2.36. The fourth-order valence-corrected chi connectivity index (χ4v) is 1.13. The summed E-state index contributed by atoms with van der Waals surface area (Å²) in [7, 11) is 1.60. The van der Waals surface area contributed by atoms with Crippen LogP contribution in [0.25, 0.3) is 0 Å². The summed E-state index contributed by atoms with van der Waals surface area (Å²) >= 11 is 0. The predicted molar refractivity (Wildman–Crippen MR) is 54.8 cm³/mol. The number of nitrogens with one attached hydrogen (secondary N) is 1. The number of carbonyl (C=O) groups is 2. The molecule has 1 aromatic heterocycles. The zero-order valence-corrected chi connectivity index (χ0v) is 9.45. The molecule has 0 unspecified atom stereocenters. The van der Waals surface area contributed by atoms with Crippen LogP contribution in [0.4, 0.5) is 13.2 Å². The zero-order chi connectivity index (χ0) is 13.8. The molecule has 0 aliphatic heterocycles. The van der Waals surface area contributed by atoms with E-state index in [-0.39, 0.29) is 5.69 Å². The highest BCUT2D eigenvalue weighted by Gasteiger charge is 2.27. The first-order chi connectivity index (χ1) is 8.29. The quantitative estimate of drug-likeness (QED) is 0.820. The fraction of sp³-hybridized carbons (Fsp3) is 0.400. The predicted octanol–water partition coefficient (Wildman–Crippen LogP) is 0.860. The van der Waals surface area contributed by atoms with Gasteiger partial charge in [-0.05, 0) is 12.1 Å². The average Bonchev–Trinajstić information content (AvgIpc) is 2.68. The van der Waals surface area contributed by atoms with Crippen LogP contribution in [0.15, 0.2) is 18.3 Å². The number of alkyl halides is 3. The molecule has 0 aromatic carbocycles. The van der Waals surface area contributed by atoms with E-state index in [1.165, 1.54) is 10.6 Å². The van der Waals surface area contributed by atoms with Crippen LogP contribution in [-0.4, -0.2) is 35.8 Å². The van der Waals surface area contributed by atoms with Gasteiger partial charge in [-0.2, -0.15) is 13.2 Å². The van der Waals surface area contributed by atoms with Crippen LogP contribution in [0.5, 0.6) is 0 Å². The highest BCUT2D eigenvalue weighted by atomic mass is 19.4. The van der Waals surface area contributed by atoms with Crippen LogP contribution in [0, 0.1) is 0 Å². The molecule has 0 atom stereocenters. The van der Waals surface area contributed by atoms with Crippen LogP contribution >= 0.6 is 0 Å². The molecule has 8 heteroatoms. The second-order valence-corrected chi connectivity index (χ2v) is 3.47. The Morgan fingerprint density at radius 1 is 1.44 bits per heavy atom. The number of hydrogen-bond donors (Lipinski definition) is 1. The zero-order valence-electron chi connectivity index (χ0n) is 9.45. The summed E-state index contributed by atoms with van der Waals surface area (Å²) < 4.78 is 41.3. The van der Waals surface area contributed by atoms with Gasteiger partial charge in [0.25, 0.3) is 5.91 Å². The Bertz CT molecular complexity index is 440. The molecule has 1 heterocycles. The van der Waals surface area contributed by atoms with Gasteiger partial charge in [-0.1, -0.05) is 0 Å². The van der Waals surface area contributed by atoms with Crippen molar-refractivity contribution < 1.29 is 27.5 Å². The minimum atomic E-state index is -4.49. The maximum absolute atomic E-state index is 11.8. The van der Waals surface area contributed by atoms with Crippen molar-refractivity contribution in [3.05, 3.63) is 24.0 Å². The molecule has 0 fully saturated rings. The number of carbonyl (C=O) groups excluding carboxylic acids is 2. The highest BCUT2D eigenvalue weighted by molar-refractivity contribution is 5.89. The van der Waals surface area contributed by atoms with Gasteiger partial charge in [0.1, 0.15) is 12.2 Å². The van der Waals surface area contributed by atoms with Crippen LogP contribution in [-0.2, 0) is 16.6 Å². The lowest BCUT2D eigenvalue weighted by molar-refractivity contribution is -0.140. The lowest BCUT2D eigenvalue weighted by atomic mass is 10.4. The summed E-state index contributed by atoms with van der Waals surface area (Å²) in [4.78, 5) is 22.3. The van der Waals surface area contributed by atoms with Gasteiger partial charge in [0.2, 0.25) is 0 Å². The first-order valence-corrected chi connectivity index (χ1v) is 4.91. The van der Waals surface area contributed by atoms with Gasteiger partial charge in [0.05, 0.1) is 0 Å². The largest absolute Gasteiger partial charge is 0.451 e. The molecule has 5 nitrogen and oxygen atoms in total. The van der Waals surface area contributed by atoms with E-state index < -0.39 is 31.2 Å². The molecule has 0 radical (unpaired) electrons. The van der Waals surface area contributed by atoms with Crippen LogP contribution in [0.3, 0.4) is 0 Å². The maximum atomic E-state index is 11.8. The van der Waals surface area contributed by atoms with Gasteiger partial charge in [-0.15, -0.1) is 0 Å². The number of nitrogens with zero attached hydrogens (tertiary/aromatic N) is 1. The number of amides is 1. The number of esters is 1. The molecule has 0 aliphatic rings. The summed E-state index contributed by atoms with van der Waals surface area (Å²) in [6.45, 7) is -2.20. The van der Waals surface area contributed by atoms with Crippen LogP contribution in [0.1, 0.15) is 10.5 Å². The van der Waals surface area contributed by atoms with Gasteiger partial charge < -0.3 is 14.6 Å². The second kappa shape index (κ2) is 5.56. The molecule has 1 amide bonds. The van der Waals surface area contributed by atoms with E-state index in [4.69, 9.17) is 0 Å². The topological polar surface area (TPSA) is 60.3 Å². The summed E-state index contributed by atoms with van der Waals surface area (Å²) in [5.41, 5.74) is 0.207. The highest BCUT2D eigenvalue weighted by Crippen LogP contribution is 2.12. The van der Waals surface area contributed by atoms with Gasteiger partial charge in [0.15, 0.2) is 6.61 Å². The summed E-state index contributed by atoms with van der Waals surface area (Å²) in [5, 5.41) is 1.59. The number of aromatic nitrogens is 1. The Kier molecular flexibility index (Phi) is 4.35. The van der Waals surface area contributed by atoms with Crippen molar-refractivity contribution in [1.29, 1.82) is 0 Å². The van der Waals surface area contributed by atoms with E-state index in [0.717, 1.165) is 0 Å². The molecule has 0 saturated heterocycles. The third kappa shape index (κ3) is 4.48. The standard InChI is InChI=1S/C10H11F3N2O3/c1-15-4-2-3-7(15)9(17)18-5-8(16)14-6-10(11,12)13/h2-4H,5-6H2,1H3,(H,14,16). The van der Waals surface area contributed by atoms with Crippen LogP contribution < -0.4 is 5.32 Å². The van der Waals surface area contributed by atoms with E-state index >= 15 is 0 Å². The Balaban J connectivity index is 2.35. The average molecular weight is 264 g/mol. The van der Waals surface area contributed by atoms with E-state index in [1.54, 1.807) is 24.6 Å². The Morgan fingerprint density at radius 2 is 2.11 bits per heavy atom. The first-order valence-electron chi connectivity index (χ1n) is 4.91. The van der Waals surface area contributed by atoms with E-state index in [0.29, 0.717) is 0 Å². The van der Waals surface area contributed by atoms with Gasteiger partial charge in [-0.25, -0.2) is 4.79 Å². The molecule has 0 aliphatic carbocycles. The molecule has 0 bridgehead atoms. The van der Waals surface area contributed by atoms with Gasteiger partial charge >= 0.3 is 12.1 Å². The van der Waals surface area contributed by atoms with Crippen molar-refractivity contribution in [1.82, 2.24) is 9.88 Å². The maximum Gasteiger partial charge on any atom is 0.405 e. The molecule has 1 N–H and O–H groups in total. The smallest absolute Gasteiger partial charge is 0.405 e. The number of ether oxygens (including phenoxy) is 1. The normalized spacial score (nSPS) is 11.1. The summed E-state index contributed by atoms with van der Waals surface area (Å²) in [6, 6.07) is 3.07. The number of halogens is 3. The first kappa shape index (κ1) is 14.1. The van der Waals surface area contributed by atoms with E-state index in [2.05, 4.69) is 4.74 Å². The summed E-state index contributed by atoms with van der Waals surface area (Å²) in [6.07, 6.45) is -2.89. The number of rotatable bonds is 4. The molecule has 0 saturated carbocycles. The number of hydrogen-bond acceptors (Lipinski definition) is 3. The molecular formula is C10H11F3N2O3. The minimum absolute atomic E-state index is 0.207. The Morgan fingerprint density at radius 3 is 2.61 bits per heavy atom. The Hall–Kier alpha value is -1.99. The fourth-order valence-electron chi connectivity index (χ4n) is 1.13. The van der Waals surface area contributed by atoms with Gasteiger partial charge in [-0.3, -0.25) is 4.79 Å². The van der Waals surface area contributed by atoms with Crippen molar-refractivity contribution in [2.75, 3.05) is 13.2 Å². The third-order valence-corrected chi connectivity index (χ3v) is 1.97. The van der Waals surface area contributed by atoms with Crippen molar-refractivity contribution in [2.45, 2.75) is 6.18 Å². The van der Waals surface area contributed by atoms with Gasteiger partial charge in [0, 0.05) is 13.2 Å².